The van der Waals surface area contributed by atoms with E-state index < -0.39 is 0 Å². The Morgan fingerprint density at radius 3 is 1.50 bits per heavy atom. The summed E-state index contributed by atoms with van der Waals surface area (Å²) in [5.74, 6) is 0. The van der Waals surface area contributed by atoms with Crippen LogP contribution < -0.4 is 0 Å². The average Bonchev–Trinajstić information content (AvgIpc) is 1.61. The summed E-state index contributed by atoms with van der Waals surface area (Å²) >= 11 is 0. The predicted molar refractivity (Wildman–Crippen MR) is 18.9 cm³/mol. The van der Waals surface area contributed by atoms with Gasteiger partial charge in [0.2, 0.25) is 0 Å². The van der Waals surface area contributed by atoms with Crippen LogP contribution in [0.25, 0.3) is 0 Å². The van der Waals surface area contributed by atoms with E-state index in [1.165, 1.54) is 14.2 Å². The Morgan fingerprint density at radius 1 is 1.00 bits per heavy atom. The minimum atomic E-state index is 1.39. The third-order valence-corrected chi connectivity index (χ3v) is 0.197. The Labute approximate surface area is 35.7 Å². The molecular formula is C2H6N2O2. The highest BCUT2D eigenvalue weighted by Crippen LogP contribution is 1.70. The SMILES string of the molecule is CON=NOC. The molecule has 0 saturated carbocycles. The average molecular weight is 90.1 g/mol. The lowest BCUT2D eigenvalue weighted by atomic mass is 11.7. The van der Waals surface area contributed by atoms with Crippen molar-refractivity contribution in [2.45, 2.75) is 0 Å². The highest BCUT2D eigenvalue weighted by molar-refractivity contribution is 3.75. The summed E-state index contributed by atoms with van der Waals surface area (Å²) in [6.07, 6.45) is 0. The summed E-state index contributed by atoms with van der Waals surface area (Å²) in [5.41, 5.74) is 0. The molecule has 0 unspecified atom stereocenters. The van der Waals surface area contributed by atoms with E-state index >= 15 is 0 Å². The monoisotopic (exact) mass is 90.0 g/mol. The van der Waals surface area contributed by atoms with E-state index in [0.717, 1.165) is 0 Å². The molecule has 0 N–H and O–H groups in total. The molecule has 0 aliphatic heterocycles. The van der Waals surface area contributed by atoms with E-state index in [-0.39, 0.29) is 0 Å². The minimum absolute atomic E-state index is 1.39. The second-order valence-electron chi connectivity index (χ2n) is 0.528. The van der Waals surface area contributed by atoms with Gasteiger partial charge in [-0.05, 0) is 0 Å². The Morgan fingerprint density at radius 2 is 1.33 bits per heavy atom. The number of nitrogens with zero attached hydrogens (tertiary/aromatic N) is 2. The highest BCUT2D eigenvalue weighted by atomic mass is 16.7. The summed E-state index contributed by atoms with van der Waals surface area (Å²) in [7, 11) is 2.78. The van der Waals surface area contributed by atoms with Crippen LogP contribution in [0, 0.1) is 0 Å². The van der Waals surface area contributed by atoms with Crippen molar-refractivity contribution in [3.8, 4) is 0 Å². The van der Waals surface area contributed by atoms with Crippen molar-refractivity contribution >= 4 is 0 Å². The fourth-order valence-corrected chi connectivity index (χ4v) is 0.0667. The van der Waals surface area contributed by atoms with Crippen LogP contribution in [0.2, 0.25) is 0 Å². The zero-order valence-corrected chi connectivity index (χ0v) is 3.71. The first-order chi connectivity index (χ1) is 2.91. The van der Waals surface area contributed by atoms with Crippen molar-refractivity contribution in [1.82, 2.24) is 0 Å². The van der Waals surface area contributed by atoms with E-state index in [2.05, 4.69) is 20.2 Å². The summed E-state index contributed by atoms with van der Waals surface area (Å²) in [5, 5.41) is 5.99. The van der Waals surface area contributed by atoms with Gasteiger partial charge in [0.05, 0.1) is 10.6 Å². The molecule has 0 aromatic heterocycles. The maximum absolute atomic E-state index is 4.12. The lowest BCUT2D eigenvalue weighted by Crippen LogP contribution is -1.65. The third kappa shape index (κ3) is 3.20. The van der Waals surface area contributed by atoms with Gasteiger partial charge in [0.15, 0.2) is 0 Å². The largest absolute Gasteiger partial charge is 0.380 e. The Kier molecular flexibility index (Phi) is 3.64. The van der Waals surface area contributed by atoms with Gasteiger partial charge in [-0.25, -0.2) is 0 Å². The smallest absolute Gasteiger partial charge is 0.108 e. The molecule has 0 bridgehead atoms. The van der Waals surface area contributed by atoms with E-state index in [4.69, 9.17) is 0 Å². The Balaban J connectivity index is 2.73. The molecule has 0 rings (SSSR count). The molecule has 36 valence electrons. The van der Waals surface area contributed by atoms with Gasteiger partial charge in [0.25, 0.3) is 0 Å². The van der Waals surface area contributed by atoms with Gasteiger partial charge in [-0.15, -0.1) is 0 Å². The lowest BCUT2D eigenvalue weighted by Gasteiger charge is -1.78. The van der Waals surface area contributed by atoms with Gasteiger partial charge in [0, 0.05) is 0 Å². The van der Waals surface area contributed by atoms with Gasteiger partial charge in [-0.2, -0.15) is 0 Å². The van der Waals surface area contributed by atoms with Gasteiger partial charge in [-0.3, -0.25) is 0 Å². The van der Waals surface area contributed by atoms with Gasteiger partial charge in [-0.1, -0.05) is 0 Å². The fourth-order valence-electron chi connectivity index (χ4n) is 0.0667. The molecule has 0 heterocycles. The van der Waals surface area contributed by atoms with E-state index in [0.29, 0.717) is 0 Å². The van der Waals surface area contributed by atoms with E-state index in [9.17, 15) is 0 Å². The van der Waals surface area contributed by atoms with E-state index in [1.54, 1.807) is 0 Å². The number of hydrogen-bond donors (Lipinski definition) is 0. The predicted octanol–water partition coefficient (Wildman–Crippen LogP) is 0.561. The van der Waals surface area contributed by atoms with Crippen LogP contribution in [-0.2, 0) is 9.68 Å². The summed E-state index contributed by atoms with van der Waals surface area (Å²) < 4.78 is 0. The first-order valence-electron chi connectivity index (χ1n) is 1.38. The normalized spacial score (nSPS) is 9.00. The second kappa shape index (κ2) is 4.20. The molecular weight excluding hydrogens is 84.0 g/mol. The minimum Gasteiger partial charge on any atom is -0.380 e. The standard InChI is InChI=1S/C2H6N2O2/c1-5-3-4-6-2/h1-2H3. The molecule has 0 atom stereocenters. The first-order valence-corrected chi connectivity index (χ1v) is 1.38. The maximum Gasteiger partial charge on any atom is 0.108 e. The lowest BCUT2D eigenvalue weighted by molar-refractivity contribution is 0.0947. The zero-order valence-electron chi connectivity index (χ0n) is 3.71. The molecule has 0 aromatic rings. The third-order valence-electron chi connectivity index (χ3n) is 0.197. The zero-order chi connectivity index (χ0) is 4.83. The van der Waals surface area contributed by atoms with Crippen molar-refractivity contribution in [3.05, 3.63) is 0 Å². The molecule has 0 aliphatic rings. The molecule has 0 aliphatic carbocycles. The van der Waals surface area contributed by atoms with Crippen molar-refractivity contribution in [2.75, 3.05) is 14.2 Å². The number of hydrogen-bond acceptors (Lipinski definition) is 4. The van der Waals surface area contributed by atoms with Crippen LogP contribution in [0.4, 0.5) is 0 Å². The van der Waals surface area contributed by atoms with Crippen molar-refractivity contribution in [3.63, 3.8) is 0 Å². The van der Waals surface area contributed by atoms with Crippen LogP contribution >= 0.6 is 0 Å². The van der Waals surface area contributed by atoms with Crippen LogP contribution in [-0.4, -0.2) is 14.2 Å². The molecule has 4 nitrogen and oxygen atoms in total. The molecule has 6 heavy (non-hydrogen) atoms. The molecule has 0 fully saturated rings. The quantitative estimate of drug-likeness (QED) is 0.367. The van der Waals surface area contributed by atoms with Crippen LogP contribution in [0.3, 0.4) is 0 Å². The topological polar surface area (TPSA) is 43.2 Å². The summed E-state index contributed by atoms with van der Waals surface area (Å²) in [6, 6.07) is 0. The maximum atomic E-state index is 4.12. The van der Waals surface area contributed by atoms with Gasteiger partial charge < -0.3 is 9.68 Å². The van der Waals surface area contributed by atoms with Crippen LogP contribution in [0.15, 0.2) is 10.6 Å². The summed E-state index contributed by atoms with van der Waals surface area (Å²) in [6.45, 7) is 0. The Hall–Kier alpha value is -0.800. The molecule has 0 amide bonds. The molecule has 4 heteroatoms. The fraction of sp³-hybridized carbons (Fsp3) is 1.00. The van der Waals surface area contributed by atoms with Gasteiger partial charge >= 0.3 is 0 Å². The summed E-state index contributed by atoms with van der Waals surface area (Å²) in [4.78, 5) is 8.23. The first kappa shape index (κ1) is 5.20. The van der Waals surface area contributed by atoms with E-state index in [1.807, 2.05) is 0 Å². The van der Waals surface area contributed by atoms with Crippen molar-refractivity contribution in [1.29, 1.82) is 0 Å². The van der Waals surface area contributed by atoms with Crippen LogP contribution in [0.5, 0.6) is 0 Å². The molecule has 0 saturated heterocycles. The van der Waals surface area contributed by atoms with Gasteiger partial charge in [0.1, 0.15) is 14.2 Å². The second-order valence-corrected chi connectivity index (χ2v) is 0.528. The van der Waals surface area contributed by atoms with Crippen LogP contribution in [0.1, 0.15) is 0 Å². The van der Waals surface area contributed by atoms with Crippen molar-refractivity contribution < 1.29 is 9.68 Å². The highest BCUT2D eigenvalue weighted by Gasteiger charge is 1.57. The molecule has 0 spiro atoms. The van der Waals surface area contributed by atoms with Crippen molar-refractivity contribution in [2.24, 2.45) is 10.6 Å². The number of rotatable bonds is 2. The molecule has 0 radical (unpaired) electrons. The Bertz CT molecular complexity index is 38.8. The molecule has 0 aromatic carbocycles.